The van der Waals surface area contributed by atoms with Gasteiger partial charge in [-0.3, -0.25) is 0 Å². The molecular formula is C14H20N2O. The third kappa shape index (κ3) is 3.85. The Morgan fingerprint density at radius 3 is 2.24 bits per heavy atom. The molecule has 2 N–H and O–H groups in total. The Labute approximate surface area is 103 Å². The Balaban J connectivity index is 2.69. The van der Waals surface area contributed by atoms with Crippen LogP contribution in [0.4, 0.5) is 0 Å². The molecule has 1 aromatic carbocycles. The van der Waals surface area contributed by atoms with Crippen molar-refractivity contribution in [3.05, 3.63) is 35.4 Å². The van der Waals surface area contributed by atoms with Crippen LogP contribution in [0.25, 0.3) is 0 Å². The lowest BCUT2D eigenvalue weighted by atomic mass is 10.0. The molecule has 0 spiro atoms. The summed E-state index contributed by atoms with van der Waals surface area (Å²) in [7, 11) is 0. The fourth-order valence-electron chi connectivity index (χ4n) is 1.72. The van der Waals surface area contributed by atoms with Gasteiger partial charge in [-0.1, -0.05) is 26.0 Å². The zero-order valence-corrected chi connectivity index (χ0v) is 10.6. The van der Waals surface area contributed by atoms with E-state index in [1.165, 1.54) is 0 Å². The SMILES string of the molecule is CC(NC(CO)C(C)C)c1ccc(C#N)cc1. The number of nitrogens with zero attached hydrogens (tertiary/aromatic N) is 1. The van der Waals surface area contributed by atoms with Gasteiger partial charge < -0.3 is 10.4 Å². The second-order valence-electron chi connectivity index (χ2n) is 4.66. The number of rotatable bonds is 5. The molecule has 0 radical (unpaired) electrons. The Morgan fingerprint density at radius 2 is 1.82 bits per heavy atom. The van der Waals surface area contributed by atoms with Crippen LogP contribution in [-0.2, 0) is 0 Å². The first-order valence-corrected chi connectivity index (χ1v) is 5.95. The predicted octanol–water partition coefficient (Wildman–Crippen LogP) is 2.23. The Hall–Kier alpha value is -1.37. The van der Waals surface area contributed by atoms with Crippen molar-refractivity contribution in [2.75, 3.05) is 6.61 Å². The molecule has 0 aliphatic carbocycles. The highest BCUT2D eigenvalue weighted by Crippen LogP contribution is 2.15. The van der Waals surface area contributed by atoms with Crippen LogP contribution in [0.2, 0.25) is 0 Å². The zero-order valence-electron chi connectivity index (χ0n) is 10.6. The normalized spacial score (nSPS) is 14.4. The average Bonchev–Trinajstić information content (AvgIpc) is 2.35. The van der Waals surface area contributed by atoms with E-state index < -0.39 is 0 Å². The smallest absolute Gasteiger partial charge is 0.0991 e. The molecule has 0 saturated heterocycles. The summed E-state index contributed by atoms with van der Waals surface area (Å²) in [6.07, 6.45) is 0. The van der Waals surface area contributed by atoms with Crippen LogP contribution in [-0.4, -0.2) is 17.8 Å². The van der Waals surface area contributed by atoms with Crippen molar-refractivity contribution < 1.29 is 5.11 Å². The van der Waals surface area contributed by atoms with Crippen LogP contribution in [0.1, 0.15) is 37.9 Å². The summed E-state index contributed by atoms with van der Waals surface area (Å²) in [5.74, 6) is 0.390. The first-order valence-electron chi connectivity index (χ1n) is 5.95. The van der Waals surface area contributed by atoms with Gasteiger partial charge >= 0.3 is 0 Å². The maximum Gasteiger partial charge on any atom is 0.0991 e. The van der Waals surface area contributed by atoms with Gasteiger partial charge in [-0.25, -0.2) is 0 Å². The summed E-state index contributed by atoms with van der Waals surface area (Å²) in [4.78, 5) is 0. The predicted molar refractivity (Wildman–Crippen MR) is 68.4 cm³/mol. The first-order chi connectivity index (χ1) is 8.08. The topological polar surface area (TPSA) is 56.0 Å². The van der Waals surface area contributed by atoms with E-state index in [1.54, 1.807) is 0 Å². The summed E-state index contributed by atoms with van der Waals surface area (Å²) in [6, 6.07) is 9.90. The van der Waals surface area contributed by atoms with Crippen molar-refractivity contribution in [1.29, 1.82) is 5.26 Å². The molecular weight excluding hydrogens is 212 g/mol. The van der Waals surface area contributed by atoms with Crippen LogP contribution in [0, 0.1) is 17.2 Å². The van der Waals surface area contributed by atoms with E-state index in [0.29, 0.717) is 11.5 Å². The van der Waals surface area contributed by atoms with E-state index in [0.717, 1.165) is 5.56 Å². The van der Waals surface area contributed by atoms with Crippen LogP contribution in [0.5, 0.6) is 0 Å². The monoisotopic (exact) mass is 232 g/mol. The Morgan fingerprint density at radius 1 is 1.24 bits per heavy atom. The number of hydrogen-bond donors (Lipinski definition) is 2. The standard InChI is InChI=1S/C14H20N2O/c1-10(2)14(9-17)16-11(3)13-6-4-12(8-15)5-7-13/h4-7,10-11,14,16-17H,9H2,1-3H3. The van der Waals surface area contributed by atoms with Crippen molar-refractivity contribution in [3.8, 4) is 6.07 Å². The van der Waals surface area contributed by atoms with Gasteiger partial charge in [0.05, 0.1) is 18.2 Å². The summed E-state index contributed by atoms with van der Waals surface area (Å²) in [6.45, 7) is 6.36. The molecule has 0 aliphatic heterocycles. The van der Waals surface area contributed by atoms with Crippen molar-refractivity contribution in [3.63, 3.8) is 0 Å². The zero-order chi connectivity index (χ0) is 12.8. The lowest BCUT2D eigenvalue weighted by Crippen LogP contribution is -2.38. The molecule has 92 valence electrons. The number of benzene rings is 1. The van der Waals surface area contributed by atoms with Crippen molar-refractivity contribution >= 4 is 0 Å². The van der Waals surface area contributed by atoms with Crippen LogP contribution < -0.4 is 5.32 Å². The van der Waals surface area contributed by atoms with Crippen LogP contribution >= 0.6 is 0 Å². The van der Waals surface area contributed by atoms with Gasteiger partial charge in [0.15, 0.2) is 0 Å². The maximum atomic E-state index is 9.27. The van der Waals surface area contributed by atoms with Gasteiger partial charge in [-0.05, 0) is 30.5 Å². The van der Waals surface area contributed by atoms with Crippen molar-refractivity contribution in [1.82, 2.24) is 5.32 Å². The fourth-order valence-corrected chi connectivity index (χ4v) is 1.72. The minimum absolute atomic E-state index is 0.0978. The number of hydrogen-bond acceptors (Lipinski definition) is 3. The minimum atomic E-state index is 0.0978. The van der Waals surface area contributed by atoms with Gasteiger partial charge in [0.25, 0.3) is 0 Å². The quantitative estimate of drug-likeness (QED) is 0.818. The largest absolute Gasteiger partial charge is 0.395 e. The van der Waals surface area contributed by atoms with Crippen LogP contribution in [0.3, 0.4) is 0 Å². The Kier molecular flexibility index (Phi) is 5.14. The van der Waals surface area contributed by atoms with E-state index in [9.17, 15) is 5.11 Å². The molecule has 0 saturated carbocycles. The summed E-state index contributed by atoms with van der Waals surface area (Å²) >= 11 is 0. The van der Waals surface area contributed by atoms with E-state index >= 15 is 0 Å². The average molecular weight is 232 g/mol. The van der Waals surface area contributed by atoms with Crippen molar-refractivity contribution in [2.24, 2.45) is 5.92 Å². The molecule has 0 aromatic heterocycles. The molecule has 2 atom stereocenters. The van der Waals surface area contributed by atoms with Gasteiger partial charge in [0.2, 0.25) is 0 Å². The molecule has 2 unspecified atom stereocenters. The third-order valence-corrected chi connectivity index (χ3v) is 3.01. The van der Waals surface area contributed by atoms with Crippen molar-refractivity contribution in [2.45, 2.75) is 32.9 Å². The van der Waals surface area contributed by atoms with Gasteiger partial charge in [-0.15, -0.1) is 0 Å². The second kappa shape index (κ2) is 6.39. The van der Waals surface area contributed by atoms with Gasteiger partial charge in [0.1, 0.15) is 0 Å². The first kappa shape index (κ1) is 13.7. The van der Waals surface area contributed by atoms with Gasteiger partial charge in [-0.2, -0.15) is 5.26 Å². The van der Waals surface area contributed by atoms with E-state index in [4.69, 9.17) is 5.26 Å². The minimum Gasteiger partial charge on any atom is -0.395 e. The molecule has 1 aromatic rings. The fraction of sp³-hybridized carbons (Fsp3) is 0.500. The molecule has 3 nitrogen and oxygen atoms in total. The van der Waals surface area contributed by atoms with E-state index in [-0.39, 0.29) is 18.7 Å². The number of nitrogens with one attached hydrogen (secondary N) is 1. The summed E-state index contributed by atoms with van der Waals surface area (Å²) < 4.78 is 0. The lowest BCUT2D eigenvalue weighted by molar-refractivity contribution is 0.201. The van der Waals surface area contributed by atoms with Crippen LogP contribution in [0.15, 0.2) is 24.3 Å². The molecule has 17 heavy (non-hydrogen) atoms. The van der Waals surface area contributed by atoms with E-state index in [2.05, 4.69) is 32.2 Å². The maximum absolute atomic E-state index is 9.27. The summed E-state index contributed by atoms with van der Waals surface area (Å²) in [5, 5.41) is 21.4. The van der Waals surface area contributed by atoms with Gasteiger partial charge in [0, 0.05) is 12.1 Å². The number of aliphatic hydroxyl groups excluding tert-OH is 1. The number of nitriles is 1. The molecule has 0 bridgehead atoms. The lowest BCUT2D eigenvalue weighted by Gasteiger charge is -2.25. The third-order valence-electron chi connectivity index (χ3n) is 3.01. The Bertz CT molecular complexity index is 378. The molecule has 0 heterocycles. The second-order valence-corrected chi connectivity index (χ2v) is 4.66. The molecule has 1 rings (SSSR count). The molecule has 0 fully saturated rings. The molecule has 0 amide bonds. The highest BCUT2D eigenvalue weighted by atomic mass is 16.3. The highest BCUT2D eigenvalue weighted by Gasteiger charge is 2.15. The number of aliphatic hydroxyl groups is 1. The molecule has 0 aliphatic rings. The molecule has 3 heteroatoms. The van der Waals surface area contributed by atoms with E-state index in [1.807, 2.05) is 24.3 Å². The highest BCUT2D eigenvalue weighted by molar-refractivity contribution is 5.32. The summed E-state index contributed by atoms with van der Waals surface area (Å²) in [5.41, 5.74) is 1.80.